The van der Waals surface area contributed by atoms with E-state index in [4.69, 9.17) is 11.6 Å². The number of para-hydroxylation sites is 2. The number of carbonyl (C=O) groups excluding carboxylic acids is 1. The normalized spacial score (nSPS) is 16.0. The van der Waals surface area contributed by atoms with E-state index in [-0.39, 0.29) is 11.2 Å². The van der Waals surface area contributed by atoms with E-state index in [1.54, 1.807) is 12.1 Å². The number of urea groups is 1. The highest BCUT2D eigenvalue weighted by molar-refractivity contribution is 7.21. The van der Waals surface area contributed by atoms with E-state index in [0.717, 1.165) is 48.6 Å². The van der Waals surface area contributed by atoms with Crippen LogP contribution in [-0.2, 0) is 5.41 Å². The number of benzene rings is 3. The summed E-state index contributed by atoms with van der Waals surface area (Å²) >= 11 is 7.55. The van der Waals surface area contributed by atoms with Crippen LogP contribution in [0, 0.1) is 18.2 Å². The molecule has 1 saturated heterocycles. The van der Waals surface area contributed by atoms with Gasteiger partial charge in [0.1, 0.15) is 21.9 Å². The lowest BCUT2D eigenvalue weighted by Gasteiger charge is -2.42. The second kappa shape index (κ2) is 12.3. The number of anilines is 4. The van der Waals surface area contributed by atoms with Crippen molar-refractivity contribution in [2.24, 2.45) is 5.41 Å². The van der Waals surface area contributed by atoms with Crippen LogP contribution in [0.3, 0.4) is 0 Å². The summed E-state index contributed by atoms with van der Waals surface area (Å²) < 4.78 is 16.1. The van der Waals surface area contributed by atoms with Crippen molar-refractivity contribution in [1.82, 2.24) is 14.9 Å². The van der Waals surface area contributed by atoms with Crippen LogP contribution < -0.4 is 15.5 Å². The third kappa shape index (κ3) is 6.20. The fourth-order valence-electron chi connectivity index (χ4n) is 7.23. The molecule has 2 aliphatic heterocycles. The molecular formula is C37H38ClFN6O2S. The minimum absolute atomic E-state index is 0.134. The lowest BCUT2D eigenvalue weighted by Crippen LogP contribution is -2.47. The van der Waals surface area contributed by atoms with Crippen LogP contribution in [0.15, 0.2) is 66.7 Å². The average Bonchev–Trinajstić information content (AvgIpc) is 3.57. The highest BCUT2D eigenvalue weighted by Gasteiger charge is 2.49. The molecule has 2 aliphatic rings. The lowest BCUT2D eigenvalue weighted by atomic mass is 9.71. The monoisotopic (exact) mass is 684 g/mol. The molecule has 7 rings (SSSR count). The zero-order chi connectivity index (χ0) is 33.8. The molecule has 2 amide bonds. The molecule has 0 saturated carbocycles. The summed E-state index contributed by atoms with van der Waals surface area (Å²) in [6, 6.07) is 19.2. The third-order valence-electron chi connectivity index (χ3n) is 9.20. The minimum Gasteiger partial charge on any atom is -0.506 e. The van der Waals surface area contributed by atoms with Gasteiger partial charge in [-0.2, -0.15) is 0 Å². The number of thiazole rings is 1. The summed E-state index contributed by atoms with van der Waals surface area (Å²) in [5.74, 6) is -0.607. The number of amides is 2. The fraction of sp³-hybridized carbons (Fsp3) is 0.324. The van der Waals surface area contributed by atoms with Crippen molar-refractivity contribution in [1.29, 1.82) is 0 Å². The highest BCUT2D eigenvalue weighted by atomic mass is 35.5. The first-order chi connectivity index (χ1) is 22.9. The molecule has 8 nitrogen and oxygen atoms in total. The quantitative estimate of drug-likeness (QED) is 0.171. The van der Waals surface area contributed by atoms with Crippen LogP contribution in [-0.4, -0.2) is 52.2 Å². The smallest absolute Gasteiger partial charge is 0.325 e. The molecule has 3 N–H and O–H groups in total. The van der Waals surface area contributed by atoms with Crippen LogP contribution in [0.25, 0.3) is 21.5 Å². The molecule has 0 unspecified atom stereocenters. The summed E-state index contributed by atoms with van der Waals surface area (Å²) in [6.07, 6.45) is 1.58. The molecule has 11 heteroatoms. The van der Waals surface area contributed by atoms with Crippen molar-refractivity contribution in [2.75, 3.05) is 41.7 Å². The van der Waals surface area contributed by atoms with Gasteiger partial charge in [0.2, 0.25) is 0 Å². The maximum atomic E-state index is 16.1. The van der Waals surface area contributed by atoms with Crippen molar-refractivity contribution in [2.45, 2.75) is 46.0 Å². The van der Waals surface area contributed by atoms with Crippen molar-refractivity contribution in [3.05, 3.63) is 88.8 Å². The average molecular weight is 685 g/mol. The van der Waals surface area contributed by atoms with Crippen molar-refractivity contribution >= 4 is 61.5 Å². The van der Waals surface area contributed by atoms with Crippen molar-refractivity contribution in [3.63, 3.8) is 0 Å². The van der Waals surface area contributed by atoms with Gasteiger partial charge in [0.05, 0.1) is 17.1 Å². The number of hydrogen-bond donors (Lipinski definition) is 3. The van der Waals surface area contributed by atoms with Gasteiger partial charge in [-0.1, -0.05) is 68.0 Å². The van der Waals surface area contributed by atoms with Gasteiger partial charge in [0.25, 0.3) is 0 Å². The number of fused-ring (bicyclic) bond motifs is 3. The predicted octanol–water partition coefficient (Wildman–Crippen LogP) is 9.34. The number of nitrogens with zero attached hydrogens (tertiary/aromatic N) is 4. The van der Waals surface area contributed by atoms with Crippen molar-refractivity contribution in [3.8, 4) is 16.9 Å². The standard InChI is InChI=1S/C37H38ClFN6O2S/c1-22-9-14-27-33(40-22)48-35(42-27)43-34(47)41-26-7-5-6-8-28(26)45-21-37(15-17-44(18-16-37)20-36(2,3)4)31-30(23-10-12-24(38)13-11-23)25(39)19-29(46)32(31)45/h5-14,19,46H,15-18,20-21H2,1-4H3,(H2,41,42,43,47). The summed E-state index contributed by atoms with van der Waals surface area (Å²) in [5.41, 5.74) is 5.10. The van der Waals surface area contributed by atoms with Gasteiger partial charge in [0.15, 0.2) is 5.13 Å². The van der Waals surface area contributed by atoms with E-state index >= 15 is 4.39 Å². The van der Waals surface area contributed by atoms with Gasteiger partial charge in [-0.05, 0) is 85.8 Å². The summed E-state index contributed by atoms with van der Waals surface area (Å²) in [6.45, 7) is 11.8. The second-order valence-corrected chi connectivity index (χ2v) is 15.5. The number of likely N-dealkylation sites (tertiary alicyclic amines) is 1. The molecule has 2 aromatic heterocycles. The Kier molecular flexibility index (Phi) is 8.30. The van der Waals surface area contributed by atoms with Gasteiger partial charge in [-0.3, -0.25) is 5.32 Å². The van der Waals surface area contributed by atoms with Gasteiger partial charge in [-0.25, -0.2) is 19.2 Å². The molecule has 1 spiro atoms. The number of halogens is 2. The second-order valence-electron chi connectivity index (χ2n) is 14.1. The van der Waals surface area contributed by atoms with Crippen LogP contribution in [0.1, 0.15) is 44.9 Å². The van der Waals surface area contributed by atoms with Gasteiger partial charge in [0, 0.05) is 40.9 Å². The molecule has 0 aliphatic carbocycles. The predicted molar refractivity (Wildman–Crippen MR) is 194 cm³/mol. The fourth-order valence-corrected chi connectivity index (χ4v) is 8.23. The van der Waals surface area contributed by atoms with Gasteiger partial charge >= 0.3 is 6.03 Å². The number of hydrogen-bond acceptors (Lipinski definition) is 7. The molecule has 1 fully saturated rings. The van der Waals surface area contributed by atoms with E-state index in [0.29, 0.717) is 50.4 Å². The Morgan fingerprint density at radius 1 is 1.04 bits per heavy atom. The lowest BCUT2D eigenvalue weighted by molar-refractivity contribution is 0.125. The Morgan fingerprint density at radius 3 is 2.50 bits per heavy atom. The molecule has 0 radical (unpaired) electrons. The number of rotatable bonds is 5. The van der Waals surface area contributed by atoms with E-state index in [2.05, 4.69) is 46.3 Å². The Bertz CT molecular complexity index is 2020. The largest absolute Gasteiger partial charge is 0.506 e. The van der Waals surface area contributed by atoms with Crippen molar-refractivity contribution < 1.29 is 14.3 Å². The van der Waals surface area contributed by atoms with Crippen LogP contribution >= 0.6 is 22.9 Å². The Hall–Kier alpha value is -4.25. The highest BCUT2D eigenvalue weighted by Crippen LogP contribution is 2.58. The topological polar surface area (TPSA) is 93.6 Å². The molecule has 3 aromatic carbocycles. The number of phenols is 1. The van der Waals surface area contributed by atoms with E-state index in [1.165, 1.54) is 17.4 Å². The molecule has 0 bridgehead atoms. The van der Waals surface area contributed by atoms with Gasteiger partial charge < -0.3 is 20.2 Å². The maximum absolute atomic E-state index is 16.1. The molecule has 248 valence electrons. The molecule has 5 aromatic rings. The molecular weight excluding hydrogens is 647 g/mol. The zero-order valence-electron chi connectivity index (χ0n) is 27.4. The number of aromatic hydroxyl groups is 1. The number of phenolic OH excluding ortho intramolecular Hbond substituents is 1. The first-order valence-corrected chi connectivity index (χ1v) is 17.3. The third-order valence-corrected chi connectivity index (χ3v) is 10.3. The van der Waals surface area contributed by atoms with Crippen LogP contribution in [0.5, 0.6) is 5.75 Å². The van der Waals surface area contributed by atoms with Crippen LogP contribution in [0.4, 0.5) is 31.4 Å². The number of aryl methyl sites for hydroxylation is 1. The molecule has 0 atom stereocenters. The minimum atomic E-state index is -0.474. The molecule has 48 heavy (non-hydrogen) atoms. The zero-order valence-corrected chi connectivity index (χ0v) is 29.0. The Labute approximate surface area is 288 Å². The summed E-state index contributed by atoms with van der Waals surface area (Å²) in [7, 11) is 0. The first kappa shape index (κ1) is 32.3. The van der Waals surface area contributed by atoms with E-state index < -0.39 is 17.3 Å². The van der Waals surface area contributed by atoms with E-state index in [1.807, 2.05) is 60.4 Å². The number of pyridine rings is 1. The molecule has 4 heterocycles. The summed E-state index contributed by atoms with van der Waals surface area (Å²) in [4.78, 5) is 27.6. The Balaban J connectivity index is 1.27. The summed E-state index contributed by atoms with van der Waals surface area (Å²) in [5, 5.41) is 18.4. The first-order valence-electron chi connectivity index (χ1n) is 16.1. The maximum Gasteiger partial charge on any atom is 0.325 e. The number of piperidine rings is 1. The number of nitrogens with one attached hydrogen (secondary N) is 2. The van der Waals surface area contributed by atoms with Gasteiger partial charge in [-0.15, -0.1) is 0 Å². The number of carbonyl (C=O) groups is 1. The van der Waals surface area contributed by atoms with Crippen LogP contribution in [0.2, 0.25) is 5.02 Å². The Morgan fingerprint density at radius 2 is 1.77 bits per heavy atom. The van der Waals surface area contributed by atoms with E-state index in [9.17, 15) is 9.90 Å². The number of aromatic nitrogens is 2. The SMILES string of the molecule is Cc1ccc2nc(NC(=O)Nc3ccccc3N3CC4(CCN(CC(C)(C)C)CC4)c4c(-c5ccc(Cl)cc5)c(F)cc(O)c43)sc2n1.